The molecule has 0 fully saturated rings. The van der Waals surface area contributed by atoms with Crippen molar-refractivity contribution in [1.82, 2.24) is 19.8 Å². The lowest BCUT2D eigenvalue weighted by Gasteiger charge is -2.13. The lowest BCUT2D eigenvalue weighted by Crippen LogP contribution is -2.23. The molecule has 2 aromatic carbocycles. The highest BCUT2D eigenvalue weighted by molar-refractivity contribution is 8.38. The summed E-state index contributed by atoms with van der Waals surface area (Å²) in [6, 6.07) is 16.3. The number of tetrazole rings is 1. The summed E-state index contributed by atoms with van der Waals surface area (Å²) >= 11 is 3.50. The SMILES string of the molecule is Cc1cccc(-n2nnn(C)c2=O)c1CSC(=NCCc1ccccc1)SC(C)C. The van der Waals surface area contributed by atoms with Gasteiger partial charge in [-0.2, -0.15) is 9.36 Å². The van der Waals surface area contributed by atoms with Crippen molar-refractivity contribution in [3.05, 3.63) is 75.7 Å². The van der Waals surface area contributed by atoms with Crippen molar-refractivity contribution >= 4 is 27.9 Å². The van der Waals surface area contributed by atoms with E-state index in [1.54, 1.807) is 30.6 Å². The highest BCUT2D eigenvalue weighted by Crippen LogP contribution is 2.28. The third-order valence-electron chi connectivity index (χ3n) is 4.50. The number of nitrogens with zero attached hydrogens (tertiary/aromatic N) is 5. The maximum Gasteiger partial charge on any atom is 0.368 e. The van der Waals surface area contributed by atoms with Gasteiger partial charge in [-0.15, -0.1) is 0 Å². The molecule has 0 atom stereocenters. The van der Waals surface area contributed by atoms with Gasteiger partial charge in [-0.25, -0.2) is 4.79 Å². The third kappa shape index (κ3) is 5.86. The largest absolute Gasteiger partial charge is 0.368 e. The van der Waals surface area contributed by atoms with Gasteiger partial charge < -0.3 is 0 Å². The van der Waals surface area contributed by atoms with Crippen molar-refractivity contribution in [2.24, 2.45) is 12.0 Å². The first-order chi connectivity index (χ1) is 14.5. The smallest absolute Gasteiger partial charge is 0.271 e. The van der Waals surface area contributed by atoms with Crippen molar-refractivity contribution in [3.63, 3.8) is 0 Å². The molecule has 0 spiro atoms. The Kier molecular flexibility index (Phi) is 7.93. The van der Waals surface area contributed by atoms with Crippen LogP contribution in [0.5, 0.6) is 0 Å². The molecule has 3 aromatic rings. The summed E-state index contributed by atoms with van der Waals surface area (Å²) in [5.74, 6) is 0.717. The highest BCUT2D eigenvalue weighted by atomic mass is 32.2. The van der Waals surface area contributed by atoms with Crippen LogP contribution in [0.15, 0.2) is 58.3 Å². The monoisotopic (exact) mass is 441 g/mol. The number of aliphatic imine (C=N–C) groups is 1. The molecule has 0 amide bonds. The van der Waals surface area contributed by atoms with Gasteiger partial charge in [0.25, 0.3) is 0 Å². The van der Waals surface area contributed by atoms with Crippen LogP contribution in [-0.2, 0) is 19.2 Å². The van der Waals surface area contributed by atoms with Gasteiger partial charge in [0.15, 0.2) is 0 Å². The lowest BCUT2D eigenvalue weighted by atomic mass is 10.1. The molecule has 158 valence electrons. The summed E-state index contributed by atoms with van der Waals surface area (Å²) in [7, 11) is 1.60. The first-order valence-corrected chi connectivity index (χ1v) is 11.8. The van der Waals surface area contributed by atoms with Gasteiger partial charge in [0.1, 0.15) is 4.38 Å². The zero-order valence-corrected chi connectivity index (χ0v) is 19.4. The fraction of sp³-hybridized carbons (Fsp3) is 0.364. The number of thioether (sulfide) groups is 2. The summed E-state index contributed by atoms with van der Waals surface area (Å²) in [6.07, 6.45) is 0.925. The van der Waals surface area contributed by atoms with E-state index in [4.69, 9.17) is 4.99 Å². The van der Waals surface area contributed by atoms with Gasteiger partial charge in [0, 0.05) is 24.6 Å². The predicted octanol–water partition coefficient (Wildman–Crippen LogP) is 4.25. The van der Waals surface area contributed by atoms with Crippen LogP contribution in [0.2, 0.25) is 0 Å². The first kappa shape index (κ1) is 22.4. The van der Waals surface area contributed by atoms with E-state index in [-0.39, 0.29) is 5.69 Å². The fourth-order valence-corrected chi connectivity index (χ4v) is 5.33. The second-order valence-corrected chi connectivity index (χ2v) is 10.00. The molecule has 6 nitrogen and oxygen atoms in total. The van der Waals surface area contributed by atoms with Crippen molar-refractivity contribution in [1.29, 1.82) is 0 Å². The fourth-order valence-electron chi connectivity index (χ4n) is 2.91. The number of hydrogen-bond acceptors (Lipinski definition) is 6. The number of aromatic nitrogens is 4. The topological polar surface area (TPSA) is 65.1 Å². The van der Waals surface area contributed by atoms with Crippen molar-refractivity contribution in [2.75, 3.05) is 6.54 Å². The molecule has 1 aromatic heterocycles. The second-order valence-electron chi connectivity index (χ2n) is 7.21. The van der Waals surface area contributed by atoms with E-state index in [1.807, 2.05) is 18.2 Å². The Balaban J connectivity index is 1.77. The van der Waals surface area contributed by atoms with Crippen molar-refractivity contribution in [2.45, 2.75) is 38.2 Å². The van der Waals surface area contributed by atoms with E-state index in [0.29, 0.717) is 5.25 Å². The van der Waals surface area contributed by atoms with E-state index >= 15 is 0 Å². The van der Waals surface area contributed by atoms with Crippen LogP contribution < -0.4 is 5.69 Å². The molecule has 0 N–H and O–H groups in total. The Labute approximate surface area is 185 Å². The molecule has 0 saturated heterocycles. The predicted molar refractivity (Wildman–Crippen MR) is 128 cm³/mol. The normalized spacial score (nSPS) is 12.0. The van der Waals surface area contributed by atoms with Crippen LogP contribution in [0.1, 0.15) is 30.5 Å². The highest BCUT2D eigenvalue weighted by Gasteiger charge is 2.14. The molecule has 3 rings (SSSR count). The molecular formula is C22H27N5OS2. The quantitative estimate of drug-likeness (QED) is 0.405. The van der Waals surface area contributed by atoms with Gasteiger partial charge >= 0.3 is 5.69 Å². The Bertz CT molecular complexity index is 1060. The van der Waals surface area contributed by atoms with Gasteiger partial charge in [-0.05, 0) is 46.5 Å². The Morgan fingerprint density at radius 2 is 1.87 bits per heavy atom. The summed E-state index contributed by atoms with van der Waals surface area (Å²) in [5.41, 5.74) is 4.02. The average molecular weight is 442 g/mol. The maximum absolute atomic E-state index is 12.4. The van der Waals surface area contributed by atoms with Crippen molar-refractivity contribution < 1.29 is 0 Å². The molecule has 1 heterocycles. The number of aryl methyl sites for hydroxylation is 2. The summed E-state index contributed by atoms with van der Waals surface area (Å²) in [5, 5.41) is 8.32. The number of benzene rings is 2. The minimum absolute atomic E-state index is 0.250. The van der Waals surface area contributed by atoms with Crippen LogP contribution in [0, 0.1) is 6.92 Å². The van der Waals surface area contributed by atoms with Gasteiger partial charge in [0.2, 0.25) is 0 Å². The standard InChI is InChI=1S/C22H27N5OS2/c1-16(2)30-21(23-14-13-18-10-6-5-7-11-18)29-15-19-17(3)9-8-12-20(19)27-22(28)26(4)24-25-27/h5-12,16H,13-15H2,1-4H3. The van der Waals surface area contributed by atoms with Gasteiger partial charge in [-0.1, -0.05) is 79.8 Å². The minimum atomic E-state index is -0.250. The zero-order chi connectivity index (χ0) is 21.5. The molecule has 0 aliphatic heterocycles. The molecule has 0 aliphatic carbocycles. The molecule has 0 unspecified atom stereocenters. The molecule has 0 saturated carbocycles. The molecule has 0 bridgehead atoms. The van der Waals surface area contributed by atoms with Crippen LogP contribution in [-0.4, -0.2) is 36.0 Å². The zero-order valence-electron chi connectivity index (χ0n) is 17.8. The van der Waals surface area contributed by atoms with E-state index in [0.717, 1.165) is 39.9 Å². The third-order valence-corrected chi connectivity index (χ3v) is 6.75. The van der Waals surface area contributed by atoms with E-state index in [9.17, 15) is 4.79 Å². The van der Waals surface area contributed by atoms with Crippen LogP contribution in [0.4, 0.5) is 0 Å². The number of hydrogen-bond donors (Lipinski definition) is 0. The lowest BCUT2D eigenvalue weighted by molar-refractivity contribution is 0.692. The van der Waals surface area contributed by atoms with Crippen LogP contribution in [0.3, 0.4) is 0 Å². The van der Waals surface area contributed by atoms with Crippen LogP contribution >= 0.6 is 23.5 Å². The van der Waals surface area contributed by atoms with E-state index < -0.39 is 0 Å². The van der Waals surface area contributed by atoms with Gasteiger partial charge in [0.05, 0.1) is 5.69 Å². The summed E-state index contributed by atoms with van der Waals surface area (Å²) in [6.45, 7) is 7.17. The average Bonchev–Trinajstić information content (AvgIpc) is 3.05. The Morgan fingerprint density at radius 3 is 2.53 bits per heavy atom. The van der Waals surface area contributed by atoms with E-state index in [2.05, 4.69) is 61.5 Å². The minimum Gasteiger partial charge on any atom is -0.271 e. The molecule has 0 aliphatic rings. The summed E-state index contributed by atoms with van der Waals surface area (Å²) < 4.78 is 3.68. The van der Waals surface area contributed by atoms with Crippen LogP contribution in [0.25, 0.3) is 5.69 Å². The first-order valence-electron chi connectivity index (χ1n) is 9.91. The molecule has 0 radical (unpaired) electrons. The van der Waals surface area contributed by atoms with Crippen molar-refractivity contribution in [3.8, 4) is 5.69 Å². The molecule has 30 heavy (non-hydrogen) atoms. The Morgan fingerprint density at radius 1 is 1.10 bits per heavy atom. The molecule has 8 heteroatoms. The Hall–Kier alpha value is -2.32. The van der Waals surface area contributed by atoms with Gasteiger partial charge in [-0.3, -0.25) is 4.99 Å². The summed E-state index contributed by atoms with van der Waals surface area (Å²) in [4.78, 5) is 17.2. The molecular weight excluding hydrogens is 414 g/mol. The number of rotatable bonds is 7. The second kappa shape index (κ2) is 10.6. The van der Waals surface area contributed by atoms with E-state index in [1.165, 1.54) is 14.9 Å². The maximum atomic E-state index is 12.4.